The van der Waals surface area contributed by atoms with Crippen LogP contribution in [-0.4, -0.2) is 27.7 Å². The molecule has 0 spiro atoms. The SMILES string of the molecule is CCCCCCCCCCCc1noc(-c2ccc(CN(CCc3cccc(Cl)c3)OC(C)=O)cc2)n1. The van der Waals surface area contributed by atoms with Crippen molar-refractivity contribution in [1.82, 2.24) is 15.2 Å². The molecule has 6 nitrogen and oxygen atoms in total. The summed E-state index contributed by atoms with van der Waals surface area (Å²) in [6.07, 6.45) is 13.2. The quantitative estimate of drug-likeness (QED) is 0.131. The van der Waals surface area contributed by atoms with E-state index in [9.17, 15) is 4.79 Å². The fraction of sp³-hybridized carbons (Fsp3) is 0.500. The highest BCUT2D eigenvalue weighted by Gasteiger charge is 2.13. The van der Waals surface area contributed by atoms with E-state index in [-0.39, 0.29) is 5.97 Å². The Morgan fingerprint density at radius 2 is 1.62 bits per heavy atom. The highest BCUT2D eigenvalue weighted by Crippen LogP contribution is 2.20. The number of hydrogen-bond acceptors (Lipinski definition) is 6. The summed E-state index contributed by atoms with van der Waals surface area (Å²) in [6, 6.07) is 15.6. The molecule has 0 atom stereocenters. The van der Waals surface area contributed by atoms with Crippen molar-refractivity contribution in [3.05, 3.63) is 70.5 Å². The second-order valence-corrected chi connectivity index (χ2v) is 10.1. The summed E-state index contributed by atoms with van der Waals surface area (Å²) in [5.41, 5.74) is 2.99. The predicted octanol–water partition coefficient (Wildman–Crippen LogP) is 7.99. The van der Waals surface area contributed by atoms with Crippen LogP contribution in [0.2, 0.25) is 5.02 Å². The Labute approximate surface area is 226 Å². The van der Waals surface area contributed by atoms with Gasteiger partial charge < -0.3 is 9.36 Å². The first kappa shape index (κ1) is 28.9. The Hall–Kier alpha value is -2.70. The van der Waals surface area contributed by atoms with Crippen LogP contribution < -0.4 is 0 Å². The van der Waals surface area contributed by atoms with E-state index in [1.165, 1.54) is 58.3 Å². The first-order valence-corrected chi connectivity index (χ1v) is 14.0. The average Bonchev–Trinajstić information content (AvgIpc) is 3.35. The van der Waals surface area contributed by atoms with Crippen molar-refractivity contribution in [3.8, 4) is 11.5 Å². The van der Waals surface area contributed by atoms with Gasteiger partial charge in [0.2, 0.25) is 0 Å². The Bertz CT molecular complexity index is 1070. The molecule has 0 aliphatic heterocycles. The Balaban J connectivity index is 1.44. The summed E-state index contributed by atoms with van der Waals surface area (Å²) in [7, 11) is 0. The molecule has 3 aromatic rings. The molecule has 0 N–H and O–H groups in total. The molecular formula is C30H40ClN3O3. The van der Waals surface area contributed by atoms with E-state index in [0.717, 1.165) is 41.8 Å². The van der Waals surface area contributed by atoms with Gasteiger partial charge in [-0.25, -0.2) is 0 Å². The smallest absolute Gasteiger partial charge is 0.322 e. The van der Waals surface area contributed by atoms with E-state index in [1.807, 2.05) is 48.5 Å². The van der Waals surface area contributed by atoms with E-state index < -0.39 is 0 Å². The number of carbonyl (C=O) groups excluding carboxylic acids is 1. The van der Waals surface area contributed by atoms with Crippen molar-refractivity contribution >= 4 is 17.6 Å². The maximum absolute atomic E-state index is 11.6. The van der Waals surface area contributed by atoms with Crippen molar-refractivity contribution in [2.45, 2.75) is 91.0 Å². The minimum atomic E-state index is -0.340. The van der Waals surface area contributed by atoms with Crippen molar-refractivity contribution in [2.24, 2.45) is 0 Å². The van der Waals surface area contributed by atoms with E-state index in [2.05, 4.69) is 17.1 Å². The molecule has 2 aromatic carbocycles. The average molecular weight is 526 g/mol. The molecule has 0 saturated heterocycles. The lowest BCUT2D eigenvalue weighted by Crippen LogP contribution is -2.28. The summed E-state index contributed by atoms with van der Waals surface area (Å²) in [6.45, 7) is 4.71. The van der Waals surface area contributed by atoms with Crippen LogP contribution in [0, 0.1) is 0 Å². The van der Waals surface area contributed by atoms with Crippen LogP contribution >= 0.6 is 11.6 Å². The molecule has 0 fully saturated rings. The van der Waals surface area contributed by atoms with Gasteiger partial charge in [0.1, 0.15) is 0 Å². The predicted molar refractivity (Wildman–Crippen MR) is 148 cm³/mol. The maximum Gasteiger partial charge on any atom is 0.322 e. The third kappa shape index (κ3) is 11.1. The summed E-state index contributed by atoms with van der Waals surface area (Å²) in [4.78, 5) is 21.6. The molecule has 0 bridgehead atoms. The zero-order valence-electron chi connectivity index (χ0n) is 22.3. The number of benzene rings is 2. The van der Waals surface area contributed by atoms with Crippen LogP contribution in [0.4, 0.5) is 0 Å². The van der Waals surface area contributed by atoms with Gasteiger partial charge in [0.05, 0.1) is 6.54 Å². The van der Waals surface area contributed by atoms with E-state index >= 15 is 0 Å². The number of rotatable bonds is 17. The van der Waals surface area contributed by atoms with Crippen molar-refractivity contribution in [1.29, 1.82) is 0 Å². The normalized spacial score (nSPS) is 11.2. The van der Waals surface area contributed by atoms with Gasteiger partial charge in [-0.05, 0) is 48.2 Å². The molecule has 0 aliphatic carbocycles. The number of halogens is 1. The lowest BCUT2D eigenvalue weighted by Gasteiger charge is -2.20. The van der Waals surface area contributed by atoms with Crippen molar-refractivity contribution < 1.29 is 14.2 Å². The topological polar surface area (TPSA) is 68.5 Å². The fourth-order valence-electron chi connectivity index (χ4n) is 4.31. The van der Waals surface area contributed by atoms with Gasteiger partial charge in [-0.3, -0.25) is 4.79 Å². The first-order chi connectivity index (χ1) is 18.0. The van der Waals surface area contributed by atoms with Gasteiger partial charge in [-0.15, -0.1) is 5.06 Å². The maximum atomic E-state index is 11.6. The lowest BCUT2D eigenvalue weighted by molar-refractivity contribution is -0.190. The molecule has 1 heterocycles. The van der Waals surface area contributed by atoms with Crippen molar-refractivity contribution in [3.63, 3.8) is 0 Å². The minimum Gasteiger partial charge on any atom is -0.368 e. The number of nitrogens with zero attached hydrogens (tertiary/aromatic N) is 3. The Morgan fingerprint density at radius 1 is 0.919 bits per heavy atom. The van der Waals surface area contributed by atoms with Gasteiger partial charge in [-0.1, -0.05) is 99.3 Å². The van der Waals surface area contributed by atoms with Crippen molar-refractivity contribution in [2.75, 3.05) is 6.54 Å². The number of aryl methyl sites for hydroxylation is 1. The van der Waals surface area contributed by atoms with Gasteiger partial charge in [0, 0.05) is 30.5 Å². The molecule has 0 unspecified atom stereocenters. The third-order valence-corrected chi connectivity index (χ3v) is 6.56. The molecule has 200 valence electrons. The molecule has 0 radical (unpaired) electrons. The molecule has 0 aliphatic rings. The summed E-state index contributed by atoms with van der Waals surface area (Å²) in [5.74, 6) is 0.965. The van der Waals surface area contributed by atoms with Crippen LogP contribution in [0.25, 0.3) is 11.5 Å². The second-order valence-electron chi connectivity index (χ2n) is 9.62. The molecule has 0 saturated carbocycles. The van der Waals surface area contributed by atoms with Crippen LogP contribution in [0.5, 0.6) is 0 Å². The van der Waals surface area contributed by atoms with E-state index in [4.69, 9.17) is 21.0 Å². The number of hydroxylamine groups is 2. The van der Waals surface area contributed by atoms with Gasteiger partial charge in [0.25, 0.3) is 5.89 Å². The molecule has 3 rings (SSSR count). The summed E-state index contributed by atoms with van der Waals surface area (Å²) >= 11 is 6.09. The Morgan fingerprint density at radius 3 is 2.30 bits per heavy atom. The summed E-state index contributed by atoms with van der Waals surface area (Å²) < 4.78 is 5.50. The zero-order chi connectivity index (χ0) is 26.3. The highest BCUT2D eigenvalue weighted by atomic mass is 35.5. The number of unbranched alkanes of at least 4 members (excludes halogenated alkanes) is 8. The third-order valence-electron chi connectivity index (χ3n) is 6.33. The molecule has 1 aromatic heterocycles. The van der Waals surface area contributed by atoms with Crippen LogP contribution in [0.3, 0.4) is 0 Å². The molecular weight excluding hydrogens is 486 g/mol. The minimum absolute atomic E-state index is 0.340. The van der Waals surface area contributed by atoms with E-state index in [1.54, 1.807) is 5.06 Å². The lowest BCUT2D eigenvalue weighted by atomic mass is 10.1. The van der Waals surface area contributed by atoms with Gasteiger partial charge in [-0.2, -0.15) is 4.98 Å². The largest absolute Gasteiger partial charge is 0.368 e. The number of carbonyl (C=O) groups is 1. The standard InChI is InChI=1S/C30H40ClN3O3/c1-3-4-5-6-7-8-9-10-11-15-29-32-30(36-33-29)27-18-16-26(17-19-27)23-34(37-24(2)35)21-20-25-13-12-14-28(31)22-25/h12-14,16-19,22H,3-11,15,20-21,23H2,1-2H3. The molecule has 7 heteroatoms. The zero-order valence-corrected chi connectivity index (χ0v) is 23.0. The van der Waals surface area contributed by atoms with Gasteiger partial charge >= 0.3 is 5.97 Å². The molecule has 0 amide bonds. The highest BCUT2D eigenvalue weighted by molar-refractivity contribution is 6.30. The first-order valence-electron chi connectivity index (χ1n) is 13.6. The fourth-order valence-corrected chi connectivity index (χ4v) is 4.52. The summed E-state index contributed by atoms with van der Waals surface area (Å²) in [5, 5.41) is 6.54. The van der Waals surface area contributed by atoms with E-state index in [0.29, 0.717) is 24.0 Å². The second kappa shape index (κ2) is 16.2. The van der Waals surface area contributed by atoms with Crippen LogP contribution in [0.1, 0.15) is 88.6 Å². The van der Waals surface area contributed by atoms with Crippen LogP contribution in [-0.2, 0) is 29.0 Å². The monoisotopic (exact) mass is 525 g/mol. The number of hydrogen-bond donors (Lipinski definition) is 0. The number of aromatic nitrogens is 2. The van der Waals surface area contributed by atoms with Gasteiger partial charge in [0.15, 0.2) is 5.82 Å². The van der Waals surface area contributed by atoms with Crippen LogP contribution in [0.15, 0.2) is 53.1 Å². The molecule has 37 heavy (non-hydrogen) atoms. The Kier molecular flexibility index (Phi) is 12.6.